The van der Waals surface area contributed by atoms with Gasteiger partial charge in [-0.1, -0.05) is 29.8 Å². The minimum absolute atomic E-state index is 0.0410. The Morgan fingerprint density at radius 1 is 1.09 bits per heavy atom. The molecule has 0 atom stereocenters. The highest BCUT2D eigenvalue weighted by Crippen LogP contribution is 2.33. The van der Waals surface area contributed by atoms with Crippen LogP contribution in [-0.4, -0.2) is 36.1 Å². The zero-order chi connectivity index (χ0) is 22.5. The molecule has 0 radical (unpaired) electrons. The van der Waals surface area contributed by atoms with Crippen molar-refractivity contribution in [3.05, 3.63) is 65.4 Å². The smallest absolute Gasteiger partial charge is 0.263 e. The van der Waals surface area contributed by atoms with Gasteiger partial charge in [0.1, 0.15) is 11.5 Å². The van der Waals surface area contributed by atoms with Crippen LogP contribution in [0.4, 0.5) is 11.5 Å². The second kappa shape index (κ2) is 9.87. The summed E-state index contributed by atoms with van der Waals surface area (Å²) in [4.78, 5) is 23.9. The number of anilines is 2. The van der Waals surface area contributed by atoms with Gasteiger partial charge in [0, 0.05) is 36.4 Å². The van der Waals surface area contributed by atoms with Gasteiger partial charge in [-0.15, -0.1) is 0 Å². The molecule has 1 aliphatic rings. The molecule has 32 heavy (non-hydrogen) atoms. The van der Waals surface area contributed by atoms with Crippen LogP contribution >= 0.6 is 11.6 Å². The molecule has 1 amide bonds. The summed E-state index contributed by atoms with van der Waals surface area (Å²) in [7, 11) is 1.56. The van der Waals surface area contributed by atoms with Crippen molar-refractivity contribution in [1.29, 1.82) is 0 Å². The van der Waals surface area contributed by atoms with Crippen LogP contribution in [0.1, 0.15) is 18.4 Å². The molecule has 2 heterocycles. The third-order valence-electron chi connectivity index (χ3n) is 5.53. The summed E-state index contributed by atoms with van der Waals surface area (Å²) in [6.45, 7) is 3.34. The molecule has 1 saturated heterocycles. The Bertz CT molecular complexity index is 1100. The number of piperidine rings is 1. The summed E-state index contributed by atoms with van der Waals surface area (Å²) in [5.74, 6) is 2.32. The van der Waals surface area contributed by atoms with Crippen LogP contribution in [0.15, 0.2) is 54.9 Å². The van der Waals surface area contributed by atoms with Gasteiger partial charge in [0.25, 0.3) is 5.88 Å². The lowest BCUT2D eigenvalue weighted by molar-refractivity contribution is -0.120. The van der Waals surface area contributed by atoms with Crippen LogP contribution in [-0.2, 0) is 4.79 Å². The highest BCUT2D eigenvalue weighted by atomic mass is 35.5. The van der Waals surface area contributed by atoms with Crippen LogP contribution in [0.25, 0.3) is 0 Å². The molecule has 3 aromatic rings. The Morgan fingerprint density at radius 2 is 1.84 bits per heavy atom. The van der Waals surface area contributed by atoms with E-state index >= 15 is 0 Å². The van der Waals surface area contributed by atoms with Crippen molar-refractivity contribution < 1.29 is 14.3 Å². The number of rotatable bonds is 6. The molecule has 166 valence electrons. The predicted molar refractivity (Wildman–Crippen MR) is 125 cm³/mol. The highest BCUT2D eigenvalue weighted by molar-refractivity contribution is 6.31. The lowest BCUT2D eigenvalue weighted by Gasteiger charge is -2.32. The van der Waals surface area contributed by atoms with Gasteiger partial charge in [0.15, 0.2) is 5.82 Å². The molecule has 1 aliphatic heterocycles. The Labute approximate surface area is 192 Å². The lowest BCUT2D eigenvalue weighted by Crippen LogP contribution is -2.38. The number of carbonyl (C=O) groups is 1. The number of ether oxygens (including phenoxy) is 2. The molecule has 1 fully saturated rings. The van der Waals surface area contributed by atoms with Gasteiger partial charge in [-0.3, -0.25) is 4.79 Å². The number of amides is 1. The zero-order valence-electron chi connectivity index (χ0n) is 18.0. The van der Waals surface area contributed by atoms with Gasteiger partial charge in [0.2, 0.25) is 5.91 Å². The maximum absolute atomic E-state index is 12.9. The Hall–Kier alpha value is -3.32. The average Bonchev–Trinajstić information content (AvgIpc) is 2.81. The number of nitrogens with zero attached hydrogens (tertiary/aromatic N) is 3. The first-order chi connectivity index (χ1) is 15.5. The van der Waals surface area contributed by atoms with Crippen molar-refractivity contribution in [1.82, 2.24) is 9.97 Å². The molecule has 0 spiro atoms. The Balaban J connectivity index is 1.42. The summed E-state index contributed by atoms with van der Waals surface area (Å²) in [6, 6.07) is 13.0. The van der Waals surface area contributed by atoms with Crippen LogP contribution in [0, 0.1) is 12.8 Å². The van der Waals surface area contributed by atoms with Crippen LogP contribution in [0.2, 0.25) is 5.02 Å². The molecule has 2 aromatic carbocycles. The van der Waals surface area contributed by atoms with Crippen molar-refractivity contribution in [3.8, 4) is 17.4 Å². The first-order valence-electron chi connectivity index (χ1n) is 10.5. The van der Waals surface area contributed by atoms with E-state index in [1.807, 2.05) is 31.2 Å². The SMILES string of the molecule is COc1ccc(Cl)cc1NC(=O)C1CCN(c2nccnc2Oc2ccccc2C)CC1. The highest BCUT2D eigenvalue weighted by Gasteiger charge is 2.28. The third kappa shape index (κ3) is 4.94. The number of methoxy groups -OCH3 is 1. The number of aryl methyl sites for hydroxylation is 1. The molecule has 0 bridgehead atoms. The van der Waals surface area contributed by atoms with Crippen LogP contribution < -0.4 is 19.7 Å². The monoisotopic (exact) mass is 452 g/mol. The number of nitrogens with one attached hydrogen (secondary N) is 1. The number of aromatic nitrogens is 2. The number of benzene rings is 2. The van der Waals surface area contributed by atoms with Crippen molar-refractivity contribution in [2.75, 3.05) is 30.4 Å². The maximum Gasteiger partial charge on any atom is 0.263 e. The van der Waals surface area contributed by atoms with E-state index in [-0.39, 0.29) is 11.8 Å². The Morgan fingerprint density at radius 3 is 2.59 bits per heavy atom. The van der Waals surface area contributed by atoms with Crippen molar-refractivity contribution in [2.24, 2.45) is 5.92 Å². The molecule has 4 rings (SSSR count). The summed E-state index contributed by atoms with van der Waals surface area (Å²) in [5.41, 5.74) is 1.60. The van der Waals surface area contributed by atoms with Gasteiger partial charge >= 0.3 is 0 Å². The lowest BCUT2D eigenvalue weighted by atomic mass is 9.95. The topological polar surface area (TPSA) is 76.6 Å². The molecule has 0 saturated carbocycles. The van der Waals surface area contributed by atoms with E-state index in [1.165, 1.54) is 0 Å². The van der Waals surface area contributed by atoms with Gasteiger partial charge in [-0.05, 0) is 49.6 Å². The quantitative estimate of drug-likeness (QED) is 0.561. The zero-order valence-corrected chi connectivity index (χ0v) is 18.8. The number of carbonyl (C=O) groups excluding carboxylic acids is 1. The molecule has 0 aliphatic carbocycles. The van der Waals surface area contributed by atoms with E-state index in [2.05, 4.69) is 20.2 Å². The van der Waals surface area contributed by atoms with E-state index in [0.29, 0.717) is 54.1 Å². The van der Waals surface area contributed by atoms with E-state index in [0.717, 1.165) is 11.3 Å². The third-order valence-corrected chi connectivity index (χ3v) is 5.77. The van der Waals surface area contributed by atoms with Crippen molar-refractivity contribution in [2.45, 2.75) is 19.8 Å². The molecule has 7 nitrogen and oxygen atoms in total. The first-order valence-corrected chi connectivity index (χ1v) is 10.9. The predicted octanol–water partition coefficient (Wildman–Crippen LogP) is 5.09. The molecular weight excluding hydrogens is 428 g/mol. The van der Waals surface area contributed by atoms with Gasteiger partial charge in [-0.25, -0.2) is 9.97 Å². The largest absolute Gasteiger partial charge is 0.495 e. The van der Waals surface area contributed by atoms with Gasteiger partial charge < -0.3 is 19.7 Å². The number of para-hydroxylation sites is 1. The fourth-order valence-electron chi connectivity index (χ4n) is 3.75. The minimum Gasteiger partial charge on any atom is -0.495 e. The van der Waals surface area contributed by atoms with E-state index < -0.39 is 0 Å². The van der Waals surface area contributed by atoms with Crippen molar-refractivity contribution in [3.63, 3.8) is 0 Å². The standard InChI is InChI=1S/C24H25ClN4O3/c1-16-5-3-4-6-20(16)32-24-22(26-11-12-27-24)29-13-9-17(10-14-29)23(30)28-19-15-18(25)7-8-21(19)31-2/h3-8,11-12,15,17H,9-10,13-14H2,1-2H3,(H,28,30). The summed E-state index contributed by atoms with van der Waals surface area (Å²) >= 11 is 6.07. The molecule has 1 aromatic heterocycles. The van der Waals surface area contributed by atoms with E-state index in [9.17, 15) is 4.79 Å². The first kappa shape index (κ1) is 21.9. The van der Waals surface area contributed by atoms with Crippen LogP contribution in [0.3, 0.4) is 0 Å². The normalized spacial score (nSPS) is 14.2. The van der Waals surface area contributed by atoms with Gasteiger partial charge in [-0.2, -0.15) is 0 Å². The van der Waals surface area contributed by atoms with Crippen LogP contribution in [0.5, 0.6) is 17.4 Å². The second-order valence-electron chi connectivity index (χ2n) is 7.65. The van der Waals surface area contributed by atoms with E-state index in [4.69, 9.17) is 21.1 Å². The molecule has 8 heteroatoms. The molecule has 0 unspecified atom stereocenters. The van der Waals surface area contributed by atoms with Gasteiger partial charge in [0.05, 0.1) is 12.8 Å². The Kier molecular flexibility index (Phi) is 6.75. The second-order valence-corrected chi connectivity index (χ2v) is 8.08. The fourth-order valence-corrected chi connectivity index (χ4v) is 3.92. The number of hydrogen-bond acceptors (Lipinski definition) is 6. The number of halogens is 1. The average molecular weight is 453 g/mol. The van der Waals surface area contributed by atoms with E-state index in [1.54, 1.807) is 37.7 Å². The summed E-state index contributed by atoms with van der Waals surface area (Å²) in [6.07, 6.45) is 4.66. The molecular formula is C24H25ClN4O3. The maximum atomic E-state index is 12.9. The fraction of sp³-hybridized carbons (Fsp3) is 0.292. The summed E-state index contributed by atoms with van der Waals surface area (Å²) < 4.78 is 11.4. The number of hydrogen-bond donors (Lipinski definition) is 1. The van der Waals surface area contributed by atoms with Crippen molar-refractivity contribution >= 4 is 29.0 Å². The summed E-state index contributed by atoms with van der Waals surface area (Å²) in [5, 5.41) is 3.50. The molecule has 1 N–H and O–H groups in total. The minimum atomic E-state index is -0.118.